The molecule has 3 nitrogen and oxygen atoms in total. The second-order valence-corrected chi connectivity index (χ2v) is 4.39. The molecule has 2 N–H and O–H groups in total. The number of allylic oxidation sites excluding steroid dienone is 4. The monoisotopic (exact) mass is 262 g/mol. The molecule has 0 aromatic heterocycles. The van der Waals surface area contributed by atoms with E-state index in [-0.39, 0.29) is 6.04 Å². The summed E-state index contributed by atoms with van der Waals surface area (Å²) in [5.41, 5.74) is 4.58. The first-order valence-electron chi connectivity index (χ1n) is 5.63. The van der Waals surface area contributed by atoms with Crippen LogP contribution in [0.2, 0.25) is 0 Å². The third kappa shape index (κ3) is 4.52. The fraction of sp³-hybridized carbons (Fsp3) is 0.583. The standard InChI is InChI=1S/C12H17F3N2O/c1-8(18-7-9-5-10(16)6-9)3-4-11(17-2)12(13,14)15/h3-4,9-10H,2,5-7,16H2,1H3/b8-3+,11-4-/t9-,10+. The Morgan fingerprint density at radius 3 is 2.50 bits per heavy atom. The van der Waals surface area contributed by atoms with E-state index in [1.54, 1.807) is 6.92 Å². The molecule has 6 heteroatoms. The molecule has 0 aromatic carbocycles. The Morgan fingerprint density at radius 1 is 1.44 bits per heavy atom. The number of aliphatic imine (C=N–C) groups is 1. The average Bonchev–Trinajstić information content (AvgIpc) is 2.21. The predicted molar refractivity (Wildman–Crippen MR) is 64.1 cm³/mol. The highest BCUT2D eigenvalue weighted by atomic mass is 19.4. The molecule has 1 fully saturated rings. The van der Waals surface area contributed by atoms with Gasteiger partial charge in [0.05, 0.1) is 12.4 Å². The van der Waals surface area contributed by atoms with Gasteiger partial charge in [0, 0.05) is 6.04 Å². The van der Waals surface area contributed by atoms with Crippen LogP contribution in [0.4, 0.5) is 13.2 Å². The molecular weight excluding hydrogens is 245 g/mol. The number of nitrogens with two attached hydrogens (primary N) is 1. The Bertz CT molecular complexity index is 355. The summed E-state index contributed by atoms with van der Waals surface area (Å²) in [5, 5.41) is 0. The first-order chi connectivity index (χ1) is 8.32. The summed E-state index contributed by atoms with van der Waals surface area (Å²) < 4.78 is 42.3. The highest BCUT2D eigenvalue weighted by molar-refractivity contribution is 5.32. The summed E-state index contributed by atoms with van der Waals surface area (Å²) in [6.07, 6.45) is -0.569. The summed E-state index contributed by atoms with van der Waals surface area (Å²) in [6.45, 7) is 4.98. The molecule has 18 heavy (non-hydrogen) atoms. The van der Waals surface area contributed by atoms with Gasteiger partial charge in [0.1, 0.15) is 5.70 Å². The molecule has 0 aromatic rings. The van der Waals surface area contributed by atoms with E-state index in [2.05, 4.69) is 11.7 Å². The second kappa shape index (κ2) is 6.04. The summed E-state index contributed by atoms with van der Waals surface area (Å²) in [5.74, 6) is 0.827. The molecule has 1 aliphatic rings. The summed E-state index contributed by atoms with van der Waals surface area (Å²) in [4.78, 5) is 2.93. The van der Waals surface area contributed by atoms with Crippen molar-refractivity contribution in [3.63, 3.8) is 0 Å². The van der Waals surface area contributed by atoms with E-state index in [1.165, 1.54) is 6.08 Å². The molecule has 0 amide bonds. The molecule has 0 spiro atoms. The lowest BCUT2D eigenvalue weighted by Gasteiger charge is -2.32. The van der Waals surface area contributed by atoms with Crippen LogP contribution in [0, 0.1) is 5.92 Å². The van der Waals surface area contributed by atoms with E-state index in [1.807, 2.05) is 0 Å². The maximum atomic E-state index is 12.3. The maximum Gasteiger partial charge on any atom is 0.433 e. The van der Waals surface area contributed by atoms with Crippen molar-refractivity contribution in [2.24, 2.45) is 16.6 Å². The van der Waals surface area contributed by atoms with Crippen molar-refractivity contribution in [2.45, 2.75) is 32.0 Å². The lowest BCUT2D eigenvalue weighted by Crippen LogP contribution is -2.38. The normalized spacial score (nSPS) is 25.6. The van der Waals surface area contributed by atoms with Crippen molar-refractivity contribution in [3.8, 4) is 0 Å². The highest BCUT2D eigenvalue weighted by Gasteiger charge is 2.32. The maximum absolute atomic E-state index is 12.3. The largest absolute Gasteiger partial charge is 0.498 e. The zero-order chi connectivity index (χ0) is 13.8. The fourth-order valence-electron chi connectivity index (χ4n) is 1.65. The van der Waals surface area contributed by atoms with E-state index in [9.17, 15) is 13.2 Å². The fourth-order valence-corrected chi connectivity index (χ4v) is 1.65. The molecule has 0 atom stereocenters. The highest BCUT2D eigenvalue weighted by Crippen LogP contribution is 2.27. The minimum absolute atomic E-state index is 0.240. The van der Waals surface area contributed by atoms with Crippen LogP contribution in [0.5, 0.6) is 0 Å². The zero-order valence-corrected chi connectivity index (χ0v) is 10.2. The van der Waals surface area contributed by atoms with Gasteiger partial charge in [-0.3, -0.25) is 4.99 Å². The molecule has 0 radical (unpaired) electrons. The SMILES string of the molecule is C=N/C(=C\C=C(/C)OC[C@H]1C[C@@H](N)C1)C(F)(F)F. The summed E-state index contributed by atoms with van der Waals surface area (Å²) >= 11 is 0. The van der Waals surface area contributed by atoms with Gasteiger partial charge in [-0.2, -0.15) is 13.2 Å². The van der Waals surface area contributed by atoms with Crippen LogP contribution in [0.3, 0.4) is 0 Å². The minimum Gasteiger partial charge on any atom is -0.498 e. The Kier molecular flexibility index (Phi) is 4.95. The van der Waals surface area contributed by atoms with E-state index >= 15 is 0 Å². The van der Waals surface area contributed by atoms with Crippen molar-refractivity contribution in [1.29, 1.82) is 0 Å². The average molecular weight is 262 g/mol. The molecule has 0 unspecified atom stereocenters. The number of rotatable bonds is 5. The van der Waals surface area contributed by atoms with Gasteiger partial charge >= 0.3 is 6.18 Å². The van der Waals surface area contributed by atoms with Crippen molar-refractivity contribution in [1.82, 2.24) is 0 Å². The van der Waals surface area contributed by atoms with Crippen molar-refractivity contribution in [3.05, 3.63) is 23.6 Å². The lowest BCUT2D eigenvalue weighted by atomic mass is 9.82. The van der Waals surface area contributed by atoms with Gasteiger partial charge in [-0.25, -0.2) is 0 Å². The number of hydrogen-bond acceptors (Lipinski definition) is 3. The molecule has 0 aliphatic heterocycles. The smallest absolute Gasteiger partial charge is 0.433 e. The predicted octanol–water partition coefficient (Wildman–Crippen LogP) is 2.79. The van der Waals surface area contributed by atoms with Crippen LogP contribution in [-0.2, 0) is 4.74 Å². The molecule has 0 bridgehead atoms. The van der Waals surface area contributed by atoms with Gasteiger partial charge < -0.3 is 10.5 Å². The van der Waals surface area contributed by atoms with Crippen LogP contribution >= 0.6 is 0 Å². The van der Waals surface area contributed by atoms with Crippen molar-refractivity contribution >= 4 is 6.72 Å². The summed E-state index contributed by atoms with van der Waals surface area (Å²) in [6, 6.07) is 0.240. The van der Waals surface area contributed by atoms with Crippen LogP contribution < -0.4 is 5.73 Å². The van der Waals surface area contributed by atoms with Crippen LogP contribution in [0.1, 0.15) is 19.8 Å². The van der Waals surface area contributed by atoms with Gasteiger partial charge in [-0.15, -0.1) is 0 Å². The molecule has 0 saturated heterocycles. The first-order valence-corrected chi connectivity index (χ1v) is 5.63. The molecular formula is C12H17F3N2O. The Labute approximate surface area is 104 Å². The van der Waals surface area contributed by atoms with E-state index < -0.39 is 11.9 Å². The van der Waals surface area contributed by atoms with Gasteiger partial charge in [0.15, 0.2) is 0 Å². The Balaban J connectivity index is 2.44. The van der Waals surface area contributed by atoms with Gasteiger partial charge in [0.25, 0.3) is 0 Å². The molecule has 1 aliphatic carbocycles. The topological polar surface area (TPSA) is 47.6 Å². The Morgan fingerprint density at radius 2 is 2.06 bits per heavy atom. The third-order valence-corrected chi connectivity index (χ3v) is 2.76. The third-order valence-electron chi connectivity index (χ3n) is 2.76. The number of alkyl halides is 3. The number of nitrogens with zero attached hydrogens (tertiary/aromatic N) is 1. The number of halogens is 3. The first kappa shape index (κ1) is 14.8. The van der Waals surface area contributed by atoms with Gasteiger partial charge in [-0.1, -0.05) is 0 Å². The van der Waals surface area contributed by atoms with Crippen LogP contribution in [0.25, 0.3) is 0 Å². The van der Waals surface area contributed by atoms with Gasteiger partial charge in [-0.05, 0) is 44.6 Å². The lowest BCUT2D eigenvalue weighted by molar-refractivity contribution is -0.0922. The zero-order valence-electron chi connectivity index (χ0n) is 10.2. The molecule has 1 saturated carbocycles. The number of hydrogen-bond donors (Lipinski definition) is 1. The molecule has 0 heterocycles. The minimum atomic E-state index is -4.49. The quantitative estimate of drug-likeness (QED) is 0.470. The van der Waals surface area contributed by atoms with Crippen molar-refractivity contribution in [2.75, 3.05) is 6.61 Å². The molecule has 1 rings (SSSR count). The van der Waals surface area contributed by atoms with E-state index in [0.717, 1.165) is 18.9 Å². The van der Waals surface area contributed by atoms with Crippen molar-refractivity contribution < 1.29 is 17.9 Å². The van der Waals surface area contributed by atoms with Crippen LogP contribution in [0.15, 0.2) is 28.6 Å². The Hall–Kier alpha value is -1.30. The van der Waals surface area contributed by atoms with E-state index in [4.69, 9.17) is 10.5 Å². The molecule has 102 valence electrons. The second-order valence-electron chi connectivity index (χ2n) is 4.39. The van der Waals surface area contributed by atoms with E-state index in [0.29, 0.717) is 18.3 Å². The number of ether oxygens (including phenoxy) is 1. The van der Waals surface area contributed by atoms with Crippen LogP contribution in [-0.4, -0.2) is 25.5 Å². The van der Waals surface area contributed by atoms with Gasteiger partial charge in [0.2, 0.25) is 0 Å². The summed E-state index contributed by atoms with van der Waals surface area (Å²) in [7, 11) is 0.